The van der Waals surface area contributed by atoms with Crippen molar-refractivity contribution in [1.29, 1.82) is 5.26 Å². The minimum atomic E-state index is -0.356. The van der Waals surface area contributed by atoms with Crippen LogP contribution in [0.25, 0.3) is 0 Å². The normalized spacial score (nSPS) is 16.1. The first-order chi connectivity index (χ1) is 7.31. The molecule has 0 bridgehead atoms. The van der Waals surface area contributed by atoms with E-state index in [9.17, 15) is 4.39 Å². The molecule has 0 amide bonds. The number of nitrogens with zero attached hydrogens (tertiary/aromatic N) is 2. The zero-order chi connectivity index (χ0) is 10.7. The van der Waals surface area contributed by atoms with Crippen molar-refractivity contribution in [1.82, 2.24) is 5.32 Å². The van der Waals surface area contributed by atoms with Crippen LogP contribution in [-0.4, -0.2) is 26.2 Å². The molecule has 2 rings (SSSR count). The van der Waals surface area contributed by atoms with Crippen LogP contribution in [0.3, 0.4) is 0 Å². The fraction of sp³-hybridized carbons (Fsp3) is 0.364. The maximum Gasteiger partial charge on any atom is 0.124 e. The molecule has 0 unspecified atom stereocenters. The van der Waals surface area contributed by atoms with Crippen LogP contribution in [0.5, 0.6) is 0 Å². The average Bonchev–Trinajstić information content (AvgIpc) is 2.30. The number of hydrogen-bond acceptors (Lipinski definition) is 3. The highest BCUT2D eigenvalue weighted by Gasteiger charge is 2.14. The van der Waals surface area contributed by atoms with Crippen LogP contribution in [0.4, 0.5) is 10.1 Å². The van der Waals surface area contributed by atoms with Crippen molar-refractivity contribution >= 4 is 5.69 Å². The minimum Gasteiger partial charge on any atom is -0.368 e. The molecular formula is C11H12FN3. The monoisotopic (exact) mass is 205 g/mol. The minimum absolute atomic E-state index is 0.356. The molecule has 0 aliphatic carbocycles. The van der Waals surface area contributed by atoms with Gasteiger partial charge in [-0.25, -0.2) is 4.39 Å². The number of anilines is 1. The topological polar surface area (TPSA) is 39.1 Å². The van der Waals surface area contributed by atoms with Gasteiger partial charge in [-0.1, -0.05) is 0 Å². The summed E-state index contributed by atoms with van der Waals surface area (Å²) in [6.07, 6.45) is 0. The summed E-state index contributed by atoms with van der Waals surface area (Å²) < 4.78 is 12.9. The second kappa shape index (κ2) is 4.28. The Morgan fingerprint density at radius 1 is 1.33 bits per heavy atom. The first kappa shape index (κ1) is 9.94. The van der Waals surface area contributed by atoms with Crippen molar-refractivity contribution in [2.45, 2.75) is 0 Å². The van der Waals surface area contributed by atoms with Gasteiger partial charge in [0.25, 0.3) is 0 Å². The van der Waals surface area contributed by atoms with Gasteiger partial charge >= 0.3 is 0 Å². The number of benzene rings is 1. The van der Waals surface area contributed by atoms with E-state index in [2.05, 4.69) is 10.2 Å². The Balaban J connectivity index is 2.30. The summed E-state index contributed by atoms with van der Waals surface area (Å²) in [6, 6.07) is 6.40. The summed E-state index contributed by atoms with van der Waals surface area (Å²) in [5.41, 5.74) is 1.25. The maximum absolute atomic E-state index is 12.9. The molecule has 1 aliphatic heterocycles. The molecule has 15 heavy (non-hydrogen) atoms. The number of nitriles is 1. The predicted molar refractivity (Wildman–Crippen MR) is 56.2 cm³/mol. The van der Waals surface area contributed by atoms with E-state index in [0.717, 1.165) is 31.9 Å². The zero-order valence-electron chi connectivity index (χ0n) is 8.33. The van der Waals surface area contributed by atoms with Crippen LogP contribution in [-0.2, 0) is 0 Å². The van der Waals surface area contributed by atoms with Gasteiger partial charge in [-0.3, -0.25) is 0 Å². The highest BCUT2D eigenvalue weighted by Crippen LogP contribution is 2.21. The number of nitrogens with one attached hydrogen (secondary N) is 1. The molecule has 1 aromatic carbocycles. The first-order valence-electron chi connectivity index (χ1n) is 4.96. The third kappa shape index (κ3) is 2.08. The first-order valence-corrected chi connectivity index (χ1v) is 4.96. The number of halogens is 1. The van der Waals surface area contributed by atoms with Gasteiger partial charge in [0.1, 0.15) is 11.9 Å². The molecule has 0 aromatic heterocycles. The molecule has 1 N–H and O–H groups in total. The Hall–Kier alpha value is -1.60. The second-order valence-corrected chi connectivity index (χ2v) is 3.51. The fourth-order valence-corrected chi connectivity index (χ4v) is 1.78. The predicted octanol–water partition coefficient (Wildman–Crippen LogP) is 1.11. The molecule has 0 atom stereocenters. The summed E-state index contributed by atoms with van der Waals surface area (Å²) in [7, 11) is 0. The van der Waals surface area contributed by atoms with Crippen molar-refractivity contribution < 1.29 is 4.39 Å². The Labute approximate surface area is 88.1 Å². The van der Waals surface area contributed by atoms with E-state index >= 15 is 0 Å². The van der Waals surface area contributed by atoms with Crippen molar-refractivity contribution in [3.63, 3.8) is 0 Å². The van der Waals surface area contributed by atoms with Gasteiger partial charge in [0.05, 0.1) is 11.3 Å². The smallest absolute Gasteiger partial charge is 0.124 e. The van der Waals surface area contributed by atoms with E-state index in [1.54, 1.807) is 6.07 Å². The molecule has 1 aromatic rings. The van der Waals surface area contributed by atoms with E-state index in [4.69, 9.17) is 5.26 Å². The lowest BCUT2D eigenvalue weighted by Crippen LogP contribution is -2.43. The van der Waals surface area contributed by atoms with Crippen LogP contribution in [0.15, 0.2) is 18.2 Å². The van der Waals surface area contributed by atoms with Crippen LogP contribution in [0.2, 0.25) is 0 Å². The van der Waals surface area contributed by atoms with Crippen molar-refractivity contribution in [2.75, 3.05) is 31.1 Å². The summed E-state index contributed by atoms with van der Waals surface area (Å²) in [4.78, 5) is 2.11. The summed E-state index contributed by atoms with van der Waals surface area (Å²) in [6.45, 7) is 3.53. The quantitative estimate of drug-likeness (QED) is 0.746. The molecule has 4 heteroatoms. The molecule has 1 fully saturated rings. The van der Waals surface area contributed by atoms with E-state index in [-0.39, 0.29) is 5.82 Å². The van der Waals surface area contributed by atoms with Gasteiger partial charge in [-0.15, -0.1) is 0 Å². The Bertz CT molecular complexity index is 391. The SMILES string of the molecule is N#Cc1cc(F)ccc1N1CCNCC1. The van der Waals surface area contributed by atoms with Gasteiger partial charge in [-0.05, 0) is 18.2 Å². The van der Waals surface area contributed by atoms with E-state index in [1.807, 2.05) is 6.07 Å². The Kier molecular flexibility index (Phi) is 2.84. The molecule has 0 saturated carbocycles. The van der Waals surface area contributed by atoms with Crippen molar-refractivity contribution in [2.24, 2.45) is 0 Å². The second-order valence-electron chi connectivity index (χ2n) is 3.51. The van der Waals surface area contributed by atoms with Gasteiger partial charge in [0.15, 0.2) is 0 Å². The number of hydrogen-bond donors (Lipinski definition) is 1. The van der Waals surface area contributed by atoms with Crippen LogP contribution >= 0.6 is 0 Å². The molecular weight excluding hydrogens is 193 g/mol. The molecule has 0 radical (unpaired) electrons. The molecule has 78 valence electrons. The van der Waals surface area contributed by atoms with E-state index in [0.29, 0.717) is 5.56 Å². The average molecular weight is 205 g/mol. The van der Waals surface area contributed by atoms with E-state index < -0.39 is 0 Å². The zero-order valence-corrected chi connectivity index (χ0v) is 8.33. The Morgan fingerprint density at radius 3 is 2.73 bits per heavy atom. The third-order valence-electron chi connectivity index (χ3n) is 2.54. The van der Waals surface area contributed by atoms with Gasteiger partial charge in [0, 0.05) is 26.2 Å². The molecule has 0 spiro atoms. The fourth-order valence-electron chi connectivity index (χ4n) is 1.78. The van der Waals surface area contributed by atoms with Gasteiger partial charge in [0.2, 0.25) is 0 Å². The summed E-state index contributed by atoms with van der Waals surface area (Å²) in [5.74, 6) is -0.356. The molecule has 1 heterocycles. The number of rotatable bonds is 1. The van der Waals surface area contributed by atoms with Gasteiger partial charge in [-0.2, -0.15) is 5.26 Å². The number of piperazine rings is 1. The van der Waals surface area contributed by atoms with Crippen LogP contribution in [0.1, 0.15) is 5.56 Å². The highest BCUT2D eigenvalue weighted by molar-refractivity contribution is 5.59. The van der Waals surface area contributed by atoms with Gasteiger partial charge < -0.3 is 10.2 Å². The van der Waals surface area contributed by atoms with Crippen LogP contribution in [0, 0.1) is 17.1 Å². The Morgan fingerprint density at radius 2 is 2.07 bits per heavy atom. The standard InChI is InChI=1S/C11H12FN3/c12-10-1-2-11(9(7-10)8-13)15-5-3-14-4-6-15/h1-2,7,14H,3-6H2. The molecule has 1 saturated heterocycles. The highest BCUT2D eigenvalue weighted by atomic mass is 19.1. The lowest BCUT2D eigenvalue weighted by atomic mass is 10.1. The van der Waals surface area contributed by atoms with Crippen molar-refractivity contribution in [3.05, 3.63) is 29.6 Å². The lowest BCUT2D eigenvalue weighted by Gasteiger charge is -2.30. The van der Waals surface area contributed by atoms with Crippen molar-refractivity contribution in [3.8, 4) is 6.07 Å². The molecule has 3 nitrogen and oxygen atoms in total. The maximum atomic E-state index is 12.9. The van der Waals surface area contributed by atoms with Crippen LogP contribution < -0.4 is 10.2 Å². The summed E-state index contributed by atoms with van der Waals surface area (Å²) >= 11 is 0. The molecule has 1 aliphatic rings. The summed E-state index contributed by atoms with van der Waals surface area (Å²) in [5, 5.41) is 12.1. The third-order valence-corrected chi connectivity index (χ3v) is 2.54. The largest absolute Gasteiger partial charge is 0.368 e. The van der Waals surface area contributed by atoms with E-state index in [1.165, 1.54) is 12.1 Å². The lowest BCUT2D eigenvalue weighted by molar-refractivity contribution is 0.587.